The summed E-state index contributed by atoms with van der Waals surface area (Å²) < 4.78 is 0. The summed E-state index contributed by atoms with van der Waals surface area (Å²) in [6.07, 6.45) is 3.42. The van der Waals surface area contributed by atoms with Gasteiger partial charge in [0.1, 0.15) is 0 Å². The minimum atomic E-state index is 0.187. The summed E-state index contributed by atoms with van der Waals surface area (Å²) in [5.41, 5.74) is 4.76. The van der Waals surface area contributed by atoms with Crippen molar-refractivity contribution in [1.29, 1.82) is 0 Å². The van der Waals surface area contributed by atoms with E-state index in [1.807, 2.05) is 31.2 Å². The van der Waals surface area contributed by atoms with Crippen LogP contribution in [0.2, 0.25) is 0 Å². The molecule has 1 unspecified atom stereocenters. The summed E-state index contributed by atoms with van der Waals surface area (Å²) >= 11 is 1.48. The summed E-state index contributed by atoms with van der Waals surface area (Å²) in [5, 5.41) is 0.500. The van der Waals surface area contributed by atoms with Gasteiger partial charge in [0, 0.05) is 10.8 Å². The van der Waals surface area contributed by atoms with E-state index in [9.17, 15) is 4.79 Å². The largest absolute Gasteiger partial charge is 0.282 e. The van der Waals surface area contributed by atoms with Crippen LogP contribution < -0.4 is 0 Å². The third-order valence-corrected chi connectivity index (χ3v) is 5.07. The molecular weight excluding hydrogens is 264 g/mol. The minimum Gasteiger partial charge on any atom is -0.282 e. The van der Waals surface area contributed by atoms with Crippen LogP contribution in [0.4, 0.5) is 0 Å². The quantitative estimate of drug-likeness (QED) is 0.775. The lowest BCUT2D eigenvalue weighted by molar-refractivity contribution is 0.108. The van der Waals surface area contributed by atoms with Crippen molar-refractivity contribution >= 4 is 16.9 Å². The Kier molecular flexibility index (Phi) is 3.93. The van der Waals surface area contributed by atoms with Gasteiger partial charge in [-0.2, -0.15) is 0 Å². The van der Waals surface area contributed by atoms with Crippen molar-refractivity contribution in [2.24, 2.45) is 0 Å². The molecule has 0 saturated heterocycles. The van der Waals surface area contributed by atoms with E-state index in [0.29, 0.717) is 5.25 Å². The lowest BCUT2D eigenvalue weighted by atomic mass is 9.91. The number of thioether (sulfide) groups is 1. The molecule has 102 valence electrons. The molecule has 0 saturated carbocycles. The van der Waals surface area contributed by atoms with E-state index < -0.39 is 0 Å². The van der Waals surface area contributed by atoms with Gasteiger partial charge >= 0.3 is 0 Å². The Balaban J connectivity index is 1.79. The third kappa shape index (κ3) is 2.80. The van der Waals surface area contributed by atoms with Gasteiger partial charge in [-0.3, -0.25) is 4.79 Å². The average Bonchev–Trinajstić information content (AvgIpc) is 2.48. The number of aryl methyl sites for hydroxylation is 2. The maximum absolute atomic E-state index is 12.4. The molecule has 2 heteroatoms. The zero-order valence-electron chi connectivity index (χ0n) is 11.6. The Morgan fingerprint density at radius 3 is 2.65 bits per heavy atom. The van der Waals surface area contributed by atoms with E-state index in [1.165, 1.54) is 34.9 Å². The Morgan fingerprint density at radius 1 is 1.10 bits per heavy atom. The highest BCUT2D eigenvalue weighted by Gasteiger charge is 2.23. The van der Waals surface area contributed by atoms with Gasteiger partial charge in [-0.15, -0.1) is 0 Å². The second kappa shape index (κ2) is 5.84. The van der Waals surface area contributed by atoms with E-state index >= 15 is 0 Å². The summed E-state index contributed by atoms with van der Waals surface area (Å²) in [6.45, 7) is 2.04. The average molecular weight is 282 g/mol. The normalized spacial score (nSPS) is 17.6. The van der Waals surface area contributed by atoms with Gasteiger partial charge < -0.3 is 0 Å². The van der Waals surface area contributed by atoms with Crippen molar-refractivity contribution in [1.82, 2.24) is 0 Å². The fraction of sp³-hybridized carbons (Fsp3) is 0.278. The maximum Gasteiger partial charge on any atom is 0.219 e. The van der Waals surface area contributed by atoms with Crippen LogP contribution in [0.15, 0.2) is 48.5 Å². The van der Waals surface area contributed by atoms with Crippen LogP contribution in [0.25, 0.3) is 0 Å². The molecule has 2 aromatic rings. The Bertz CT molecular complexity index is 616. The first-order valence-corrected chi connectivity index (χ1v) is 7.97. The fourth-order valence-electron chi connectivity index (χ4n) is 2.72. The van der Waals surface area contributed by atoms with Crippen LogP contribution in [-0.4, -0.2) is 5.12 Å². The second-order valence-electron chi connectivity index (χ2n) is 5.35. The van der Waals surface area contributed by atoms with Gasteiger partial charge in [0.05, 0.1) is 0 Å². The molecule has 0 bridgehead atoms. The molecule has 0 N–H and O–H groups in total. The molecular formula is C18H18OS. The maximum atomic E-state index is 12.4. The van der Waals surface area contributed by atoms with Gasteiger partial charge in [-0.05, 0) is 37.3 Å². The predicted molar refractivity (Wildman–Crippen MR) is 85.2 cm³/mol. The number of fused-ring (bicyclic) bond motifs is 1. The number of benzene rings is 2. The Labute approximate surface area is 124 Å². The molecule has 3 rings (SSSR count). The lowest BCUT2D eigenvalue weighted by Gasteiger charge is -2.24. The molecule has 0 radical (unpaired) electrons. The topological polar surface area (TPSA) is 17.1 Å². The van der Waals surface area contributed by atoms with Crippen molar-refractivity contribution in [2.45, 2.75) is 31.4 Å². The van der Waals surface area contributed by atoms with Gasteiger partial charge in [0.2, 0.25) is 5.12 Å². The van der Waals surface area contributed by atoms with E-state index in [1.54, 1.807) is 0 Å². The molecule has 1 aliphatic rings. The minimum absolute atomic E-state index is 0.187. The smallest absolute Gasteiger partial charge is 0.219 e. The van der Waals surface area contributed by atoms with E-state index in [2.05, 4.69) is 24.3 Å². The molecule has 0 aromatic heterocycles. The van der Waals surface area contributed by atoms with Crippen molar-refractivity contribution in [2.75, 3.05) is 0 Å². The standard InChI is InChI=1S/C18H18OS/c1-13-9-11-15(12-10-13)18(19)20-17-8-4-6-14-5-2-3-7-16(14)17/h2-3,5,7,9-12,17H,4,6,8H2,1H3. The Hall–Kier alpha value is -1.54. The van der Waals surface area contributed by atoms with Gasteiger partial charge in [-0.25, -0.2) is 0 Å². The van der Waals surface area contributed by atoms with Crippen molar-refractivity contribution in [3.05, 3.63) is 70.8 Å². The number of hydrogen-bond donors (Lipinski definition) is 0. The summed E-state index contributed by atoms with van der Waals surface area (Å²) in [6, 6.07) is 16.4. The Morgan fingerprint density at radius 2 is 1.85 bits per heavy atom. The molecule has 1 nitrogen and oxygen atoms in total. The van der Waals surface area contributed by atoms with Gasteiger partial charge in [-0.1, -0.05) is 65.9 Å². The number of rotatable bonds is 2. The fourth-order valence-corrected chi connectivity index (χ4v) is 3.89. The molecule has 1 atom stereocenters. The summed E-state index contributed by atoms with van der Waals surface area (Å²) in [4.78, 5) is 12.4. The highest BCUT2D eigenvalue weighted by molar-refractivity contribution is 8.14. The first-order chi connectivity index (χ1) is 9.74. The summed E-state index contributed by atoms with van der Waals surface area (Å²) in [7, 11) is 0. The highest BCUT2D eigenvalue weighted by atomic mass is 32.2. The monoisotopic (exact) mass is 282 g/mol. The SMILES string of the molecule is Cc1ccc(C(=O)SC2CCCc3ccccc32)cc1. The molecule has 0 fully saturated rings. The van der Waals surface area contributed by atoms with Crippen LogP contribution in [0, 0.1) is 6.92 Å². The molecule has 2 aromatic carbocycles. The highest BCUT2D eigenvalue weighted by Crippen LogP contribution is 2.40. The third-order valence-electron chi connectivity index (χ3n) is 3.85. The van der Waals surface area contributed by atoms with E-state index in [4.69, 9.17) is 0 Å². The zero-order chi connectivity index (χ0) is 13.9. The molecule has 1 aliphatic carbocycles. The number of hydrogen-bond acceptors (Lipinski definition) is 2. The van der Waals surface area contributed by atoms with E-state index in [0.717, 1.165) is 18.4 Å². The van der Waals surface area contributed by atoms with Crippen LogP contribution in [0.5, 0.6) is 0 Å². The molecule has 20 heavy (non-hydrogen) atoms. The van der Waals surface area contributed by atoms with Crippen molar-refractivity contribution in [3.63, 3.8) is 0 Å². The van der Waals surface area contributed by atoms with Crippen LogP contribution in [0.1, 0.15) is 45.1 Å². The van der Waals surface area contributed by atoms with Crippen molar-refractivity contribution < 1.29 is 4.79 Å². The zero-order valence-corrected chi connectivity index (χ0v) is 12.5. The number of carbonyl (C=O) groups excluding carboxylic acids is 1. The molecule has 0 aliphatic heterocycles. The molecule has 0 heterocycles. The molecule has 0 spiro atoms. The summed E-state index contributed by atoms with van der Waals surface area (Å²) in [5.74, 6) is 0. The second-order valence-corrected chi connectivity index (χ2v) is 6.53. The number of carbonyl (C=O) groups is 1. The predicted octanol–water partition coefficient (Wildman–Crippen LogP) is 4.95. The molecule has 0 amide bonds. The van der Waals surface area contributed by atoms with E-state index in [-0.39, 0.29) is 5.12 Å². The first kappa shape index (κ1) is 13.4. The van der Waals surface area contributed by atoms with Gasteiger partial charge in [0.25, 0.3) is 0 Å². The van der Waals surface area contributed by atoms with Crippen molar-refractivity contribution in [3.8, 4) is 0 Å². The first-order valence-electron chi connectivity index (χ1n) is 7.09. The van der Waals surface area contributed by atoms with Crippen LogP contribution in [0.3, 0.4) is 0 Å². The van der Waals surface area contributed by atoms with Gasteiger partial charge in [0.15, 0.2) is 0 Å². The van der Waals surface area contributed by atoms with Crippen LogP contribution >= 0.6 is 11.8 Å². The van der Waals surface area contributed by atoms with Crippen LogP contribution in [-0.2, 0) is 6.42 Å². The lowest BCUT2D eigenvalue weighted by Crippen LogP contribution is -2.09.